The smallest absolute Gasteiger partial charge is 0.227 e. The van der Waals surface area contributed by atoms with Gasteiger partial charge < -0.3 is 8.98 Å². The molecule has 0 radical (unpaired) electrons. The molecule has 7 aromatic carbocycles. The van der Waals surface area contributed by atoms with Crippen LogP contribution in [0.1, 0.15) is 0 Å². The van der Waals surface area contributed by atoms with E-state index in [1.54, 1.807) is 0 Å². The zero-order valence-electron chi connectivity index (χ0n) is 27.9. The number of hydrogen-bond acceptors (Lipinski definition) is 5. The Morgan fingerprint density at radius 3 is 1.71 bits per heavy atom. The van der Waals surface area contributed by atoms with E-state index in [0.717, 1.165) is 66.6 Å². The zero-order chi connectivity index (χ0) is 34.4. The summed E-state index contributed by atoms with van der Waals surface area (Å²) in [6, 6.07) is 60.0. The van der Waals surface area contributed by atoms with Crippen molar-refractivity contribution in [3.63, 3.8) is 0 Å². The van der Waals surface area contributed by atoms with Crippen LogP contribution in [0, 0.1) is 0 Å². The minimum atomic E-state index is 0.538. The van der Waals surface area contributed by atoms with Crippen LogP contribution < -0.4 is 0 Å². The minimum Gasteiger partial charge on any atom is -0.436 e. The predicted molar refractivity (Wildman–Crippen MR) is 209 cm³/mol. The highest BCUT2D eigenvalue weighted by Crippen LogP contribution is 2.40. The standard InChI is InChI=1S/C46H29N5O/c1-4-14-30(15-5-1)43-48-44(31-16-6-2-7-17-31)50-45(49-43)38-29-33(46-47-39-21-11-13-23-42(39)52-46)24-26-35(38)32-25-27-41-37(28-32)36-20-10-12-22-40(36)51(41)34-18-8-3-9-19-34/h1-29H. The van der Waals surface area contributed by atoms with E-state index >= 15 is 0 Å². The summed E-state index contributed by atoms with van der Waals surface area (Å²) in [5.41, 5.74) is 10.5. The second-order valence-electron chi connectivity index (χ2n) is 12.7. The van der Waals surface area contributed by atoms with Gasteiger partial charge in [-0.3, -0.25) is 0 Å². The Hall–Kier alpha value is -7.18. The Morgan fingerprint density at radius 1 is 0.385 bits per heavy atom. The monoisotopic (exact) mass is 667 g/mol. The van der Waals surface area contributed by atoms with Crippen molar-refractivity contribution in [1.82, 2.24) is 24.5 Å². The van der Waals surface area contributed by atoms with Crippen molar-refractivity contribution in [2.45, 2.75) is 0 Å². The summed E-state index contributed by atoms with van der Waals surface area (Å²) in [6.45, 7) is 0. The molecule has 0 aliphatic carbocycles. The van der Waals surface area contributed by atoms with Crippen LogP contribution in [-0.4, -0.2) is 24.5 Å². The van der Waals surface area contributed by atoms with E-state index < -0.39 is 0 Å². The third-order valence-corrected chi connectivity index (χ3v) is 9.50. The first kappa shape index (κ1) is 29.7. The molecule has 6 heteroatoms. The Balaban J connectivity index is 1.23. The van der Waals surface area contributed by atoms with Crippen molar-refractivity contribution < 1.29 is 4.42 Å². The van der Waals surface area contributed by atoms with Gasteiger partial charge in [0.05, 0.1) is 11.0 Å². The van der Waals surface area contributed by atoms with Crippen LogP contribution in [0.2, 0.25) is 0 Å². The Bertz CT molecular complexity index is 2810. The quantitative estimate of drug-likeness (QED) is 0.176. The largest absolute Gasteiger partial charge is 0.436 e. The molecule has 0 spiro atoms. The molecule has 10 aromatic rings. The van der Waals surface area contributed by atoms with Crippen LogP contribution in [0.3, 0.4) is 0 Å². The van der Waals surface area contributed by atoms with Gasteiger partial charge in [-0.25, -0.2) is 19.9 Å². The molecule has 0 amide bonds. The van der Waals surface area contributed by atoms with E-state index in [9.17, 15) is 0 Å². The molecule has 244 valence electrons. The molecule has 0 fully saturated rings. The normalized spacial score (nSPS) is 11.5. The van der Waals surface area contributed by atoms with Crippen molar-refractivity contribution in [1.29, 1.82) is 0 Å². The average molecular weight is 668 g/mol. The summed E-state index contributed by atoms with van der Waals surface area (Å²) >= 11 is 0. The fourth-order valence-electron chi connectivity index (χ4n) is 7.03. The maximum absolute atomic E-state index is 6.26. The number of hydrogen-bond donors (Lipinski definition) is 0. The van der Waals surface area contributed by atoms with Gasteiger partial charge in [-0.15, -0.1) is 0 Å². The van der Waals surface area contributed by atoms with Gasteiger partial charge in [-0.2, -0.15) is 0 Å². The lowest BCUT2D eigenvalue weighted by Crippen LogP contribution is -2.01. The van der Waals surface area contributed by atoms with Crippen molar-refractivity contribution >= 4 is 32.9 Å². The first-order chi connectivity index (χ1) is 25.8. The highest BCUT2D eigenvalue weighted by molar-refractivity contribution is 6.10. The summed E-state index contributed by atoms with van der Waals surface area (Å²) in [5.74, 6) is 2.30. The van der Waals surface area contributed by atoms with Crippen LogP contribution in [0.5, 0.6) is 0 Å². The van der Waals surface area contributed by atoms with E-state index in [-0.39, 0.29) is 0 Å². The number of para-hydroxylation sites is 4. The summed E-state index contributed by atoms with van der Waals surface area (Å²) in [5, 5.41) is 2.35. The number of oxazole rings is 1. The van der Waals surface area contributed by atoms with Gasteiger partial charge >= 0.3 is 0 Å². The van der Waals surface area contributed by atoms with Crippen molar-refractivity contribution in [3.05, 3.63) is 176 Å². The highest BCUT2D eigenvalue weighted by Gasteiger charge is 2.20. The van der Waals surface area contributed by atoms with Crippen LogP contribution in [0.15, 0.2) is 180 Å². The molecule has 0 aliphatic heterocycles. The molecule has 0 aliphatic rings. The lowest BCUT2D eigenvalue weighted by molar-refractivity contribution is 0.620. The molecule has 0 saturated heterocycles. The Labute approximate surface area is 299 Å². The van der Waals surface area contributed by atoms with Gasteiger partial charge in [-0.05, 0) is 65.7 Å². The van der Waals surface area contributed by atoms with Gasteiger partial charge in [-0.1, -0.05) is 121 Å². The lowest BCUT2D eigenvalue weighted by Gasteiger charge is -2.14. The number of aromatic nitrogens is 5. The molecule has 0 atom stereocenters. The highest BCUT2D eigenvalue weighted by atomic mass is 16.3. The molecule has 0 unspecified atom stereocenters. The van der Waals surface area contributed by atoms with Crippen LogP contribution in [-0.2, 0) is 0 Å². The number of benzene rings is 7. The Kier molecular flexibility index (Phi) is 7.03. The molecule has 3 aromatic heterocycles. The first-order valence-corrected chi connectivity index (χ1v) is 17.2. The molecule has 0 saturated carbocycles. The zero-order valence-corrected chi connectivity index (χ0v) is 27.9. The summed E-state index contributed by atoms with van der Waals surface area (Å²) in [6.07, 6.45) is 0. The third-order valence-electron chi connectivity index (χ3n) is 9.50. The molecule has 0 bridgehead atoms. The van der Waals surface area contributed by atoms with Crippen LogP contribution >= 0.6 is 0 Å². The van der Waals surface area contributed by atoms with Crippen molar-refractivity contribution in [2.24, 2.45) is 0 Å². The number of nitrogens with zero attached hydrogens (tertiary/aromatic N) is 5. The second kappa shape index (κ2) is 12.3. The van der Waals surface area contributed by atoms with Crippen molar-refractivity contribution in [3.8, 4) is 62.4 Å². The number of rotatable bonds is 6. The fraction of sp³-hybridized carbons (Fsp3) is 0. The van der Waals surface area contributed by atoms with E-state index in [2.05, 4.69) is 95.6 Å². The van der Waals surface area contributed by atoms with Crippen LogP contribution in [0.25, 0.3) is 95.3 Å². The molecular formula is C46H29N5O. The van der Waals surface area contributed by atoms with Gasteiger partial charge in [0.25, 0.3) is 0 Å². The number of fused-ring (bicyclic) bond motifs is 4. The maximum atomic E-state index is 6.26. The Morgan fingerprint density at radius 2 is 0.981 bits per heavy atom. The van der Waals surface area contributed by atoms with Crippen molar-refractivity contribution in [2.75, 3.05) is 0 Å². The lowest BCUT2D eigenvalue weighted by atomic mass is 9.95. The average Bonchev–Trinajstić information content (AvgIpc) is 3.81. The summed E-state index contributed by atoms with van der Waals surface area (Å²) < 4.78 is 8.59. The molecular weight excluding hydrogens is 639 g/mol. The van der Waals surface area contributed by atoms with Crippen LogP contribution in [0.4, 0.5) is 0 Å². The summed E-state index contributed by atoms with van der Waals surface area (Å²) in [4.78, 5) is 20.1. The SMILES string of the molecule is c1ccc(-c2nc(-c3ccccc3)nc(-c3cc(-c4nc5ccccc5o4)ccc3-c3ccc4c(c3)c3ccccc3n4-c3ccccc3)n2)cc1. The predicted octanol–water partition coefficient (Wildman–Crippen LogP) is 11.4. The maximum Gasteiger partial charge on any atom is 0.227 e. The van der Waals surface area contributed by atoms with E-state index in [0.29, 0.717) is 23.4 Å². The van der Waals surface area contributed by atoms with E-state index in [4.69, 9.17) is 24.4 Å². The topological polar surface area (TPSA) is 69.6 Å². The van der Waals surface area contributed by atoms with E-state index in [1.807, 2.05) is 84.9 Å². The molecule has 3 heterocycles. The summed E-state index contributed by atoms with van der Waals surface area (Å²) in [7, 11) is 0. The van der Waals surface area contributed by atoms with Gasteiger partial charge in [0.2, 0.25) is 5.89 Å². The molecule has 10 rings (SSSR count). The van der Waals surface area contributed by atoms with Gasteiger partial charge in [0.15, 0.2) is 23.1 Å². The van der Waals surface area contributed by atoms with Gasteiger partial charge in [0, 0.05) is 38.7 Å². The van der Waals surface area contributed by atoms with E-state index in [1.165, 1.54) is 5.39 Å². The molecule has 52 heavy (non-hydrogen) atoms. The third kappa shape index (κ3) is 5.13. The van der Waals surface area contributed by atoms with Gasteiger partial charge in [0.1, 0.15) is 5.52 Å². The molecule has 0 N–H and O–H groups in total. The minimum absolute atomic E-state index is 0.538. The first-order valence-electron chi connectivity index (χ1n) is 17.2. The fourth-order valence-corrected chi connectivity index (χ4v) is 7.03. The molecule has 6 nitrogen and oxygen atoms in total. The second-order valence-corrected chi connectivity index (χ2v) is 12.7.